The molecule has 3 heterocycles. The molecule has 0 spiro atoms. The molecule has 1 fully saturated rings. The van der Waals surface area contributed by atoms with Crippen molar-refractivity contribution in [3.05, 3.63) is 41.3 Å². The number of carbonyl (C=O) groups excluding carboxylic acids is 1. The number of sulfonamides is 1. The third-order valence-electron chi connectivity index (χ3n) is 4.67. The molecular weight excluding hydrogens is 372 g/mol. The Kier molecular flexibility index (Phi) is 4.56. The minimum Gasteiger partial charge on any atom is -0.455 e. The Hall–Kier alpha value is -2.52. The summed E-state index contributed by atoms with van der Waals surface area (Å²) in [6.45, 7) is 2.99. The van der Waals surface area contributed by atoms with Crippen molar-refractivity contribution in [2.45, 2.75) is 31.2 Å². The van der Waals surface area contributed by atoms with Gasteiger partial charge in [0.25, 0.3) is 5.91 Å². The number of aryl methyl sites for hydroxylation is 1. The molecule has 1 N–H and O–H groups in total. The minimum absolute atomic E-state index is 0.0222. The fourth-order valence-electron chi connectivity index (χ4n) is 3.22. The molecule has 0 aliphatic carbocycles. The molecule has 0 saturated carbocycles. The maximum Gasteiger partial charge on any atom is 0.287 e. The Morgan fingerprint density at radius 3 is 2.67 bits per heavy atom. The SMILES string of the molecule is Cc1oc(C(=O)NCc2ccc3c(c2)OCO3)cc1S(=O)(=O)N1CCCC1. The topological polar surface area (TPSA) is 98.1 Å². The third-order valence-corrected chi connectivity index (χ3v) is 6.68. The summed E-state index contributed by atoms with van der Waals surface area (Å²) < 4.78 is 42.8. The molecule has 4 rings (SSSR count). The summed E-state index contributed by atoms with van der Waals surface area (Å²) in [6.07, 6.45) is 1.69. The molecule has 1 saturated heterocycles. The zero-order valence-electron chi connectivity index (χ0n) is 14.9. The molecule has 0 unspecified atom stereocenters. The monoisotopic (exact) mass is 392 g/mol. The number of benzene rings is 1. The number of carbonyl (C=O) groups is 1. The van der Waals surface area contributed by atoms with Crippen LogP contribution in [0.15, 0.2) is 33.6 Å². The van der Waals surface area contributed by atoms with Crippen molar-refractivity contribution in [2.24, 2.45) is 0 Å². The molecule has 1 amide bonds. The average Bonchev–Trinajstić information content (AvgIpc) is 3.39. The van der Waals surface area contributed by atoms with Crippen LogP contribution >= 0.6 is 0 Å². The van der Waals surface area contributed by atoms with E-state index in [2.05, 4.69) is 5.32 Å². The highest BCUT2D eigenvalue weighted by molar-refractivity contribution is 7.89. The van der Waals surface area contributed by atoms with Crippen LogP contribution in [0.3, 0.4) is 0 Å². The number of hydrogen-bond donors (Lipinski definition) is 1. The van der Waals surface area contributed by atoms with Gasteiger partial charge in [-0.1, -0.05) is 6.07 Å². The van der Waals surface area contributed by atoms with Crippen LogP contribution in [0.4, 0.5) is 0 Å². The van der Waals surface area contributed by atoms with Gasteiger partial charge in [0.05, 0.1) is 0 Å². The molecule has 0 radical (unpaired) electrons. The van der Waals surface area contributed by atoms with Gasteiger partial charge in [0.15, 0.2) is 17.3 Å². The Morgan fingerprint density at radius 1 is 1.15 bits per heavy atom. The smallest absolute Gasteiger partial charge is 0.287 e. The quantitative estimate of drug-likeness (QED) is 0.836. The lowest BCUT2D eigenvalue weighted by Gasteiger charge is -2.14. The lowest BCUT2D eigenvalue weighted by Crippen LogP contribution is -2.28. The molecule has 2 aliphatic heterocycles. The predicted octanol–water partition coefficient (Wildman–Crippen LogP) is 2.03. The fraction of sp³-hybridized carbons (Fsp3) is 0.389. The molecule has 8 nitrogen and oxygen atoms in total. The van der Waals surface area contributed by atoms with Crippen molar-refractivity contribution in [1.82, 2.24) is 9.62 Å². The first-order valence-corrected chi connectivity index (χ1v) is 10.2. The van der Waals surface area contributed by atoms with E-state index < -0.39 is 15.9 Å². The van der Waals surface area contributed by atoms with Crippen molar-refractivity contribution in [1.29, 1.82) is 0 Å². The first kappa shape index (κ1) is 17.9. The number of ether oxygens (including phenoxy) is 2. The van der Waals surface area contributed by atoms with Crippen molar-refractivity contribution in [2.75, 3.05) is 19.9 Å². The highest BCUT2D eigenvalue weighted by atomic mass is 32.2. The van der Waals surface area contributed by atoms with E-state index in [-0.39, 0.29) is 29.8 Å². The van der Waals surface area contributed by atoms with Gasteiger partial charge in [-0.2, -0.15) is 4.31 Å². The van der Waals surface area contributed by atoms with Gasteiger partial charge >= 0.3 is 0 Å². The summed E-state index contributed by atoms with van der Waals surface area (Å²) in [5, 5.41) is 2.73. The molecule has 1 aromatic carbocycles. The van der Waals surface area contributed by atoms with E-state index in [1.807, 2.05) is 6.07 Å². The van der Waals surface area contributed by atoms with Gasteiger partial charge in [0.1, 0.15) is 10.7 Å². The van der Waals surface area contributed by atoms with Gasteiger partial charge < -0.3 is 19.2 Å². The molecule has 1 aromatic heterocycles. The van der Waals surface area contributed by atoms with Crippen LogP contribution in [0, 0.1) is 6.92 Å². The van der Waals surface area contributed by atoms with Crippen LogP contribution in [0.5, 0.6) is 11.5 Å². The van der Waals surface area contributed by atoms with Gasteiger partial charge in [0, 0.05) is 25.7 Å². The Bertz CT molecular complexity index is 976. The maximum atomic E-state index is 12.7. The van der Waals surface area contributed by atoms with E-state index in [9.17, 15) is 13.2 Å². The second kappa shape index (κ2) is 6.90. The number of furan rings is 1. The second-order valence-corrected chi connectivity index (χ2v) is 8.42. The first-order valence-electron chi connectivity index (χ1n) is 8.72. The van der Waals surface area contributed by atoms with Crippen LogP contribution in [-0.4, -0.2) is 38.5 Å². The summed E-state index contributed by atoms with van der Waals surface area (Å²) in [6, 6.07) is 6.70. The van der Waals surface area contributed by atoms with Gasteiger partial charge in [-0.25, -0.2) is 8.42 Å². The highest BCUT2D eigenvalue weighted by Gasteiger charge is 2.31. The van der Waals surface area contributed by atoms with Gasteiger partial charge in [-0.05, 0) is 37.5 Å². The van der Waals surface area contributed by atoms with Crippen LogP contribution in [0.25, 0.3) is 0 Å². The lowest BCUT2D eigenvalue weighted by atomic mass is 10.2. The van der Waals surface area contributed by atoms with E-state index >= 15 is 0 Å². The van der Waals surface area contributed by atoms with Gasteiger partial charge in [-0.3, -0.25) is 4.79 Å². The van der Waals surface area contributed by atoms with Crippen molar-refractivity contribution in [3.63, 3.8) is 0 Å². The van der Waals surface area contributed by atoms with Crippen molar-refractivity contribution in [3.8, 4) is 11.5 Å². The van der Waals surface area contributed by atoms with E-state index in [1.54, 1.807) is 19.1 Å². The van der Waals surface area contributed by atoms with E-state index in [0.717, 1.165) is 18.4 Å². The number of rotatable bonds is 5. The van der Waals surface area contributed by atoms with E-state index in [4.69, 9.17) is 13.9 Å². The maximum absolute atomic E-state index is 12.7. The zero-order valence-corrected chi connectivity index (χ0v) is 15.7. The molecule has 0 bridgehead atoms. The molecule has 0 atom stereocenters. The summed E-state index contributed by atoms with van der Waals surface area (Å²) in [5.41, 5.74) is 0.834. The van der Waals surface area contributed by atoms with E-state index in [1.165, 1.54) is 10.4 Å². The standard InChI is InChI=1S/C18H20N2O6S/c1-12-17(27(22,23)20-6-2-3-7-20)9-16(26-12)18(21)19-10-13-4-5-14-15(8-13)25-11-24-14/h4-5,8-9H,2-3,6-7,10-11H2,1H3,(H,19,21). The normalized spacial score (nSPS) is 16.6. The average molecular weight is 392 g/mol. The molecule has 9 heteroatoms. The highest BCUT2D eigenvalue weighted by Crippen LogP contribution is 2.32. The van der Waals surface area contributed by atoms with Gasteiger partial charge in [-0.15, -0.1) is 0 Å². The largest absolute Gasteiger partial charge is 0.455 e. The Balaban J connectivity index is 1.46. The third kappa shape index (κ3) is 3.40. The van der Waals surface area contributed by atoms with Crippen LogP contribution in [-0.2, 0) is 16.6 Å². The van der Waals surface area contributed by atoms with Crippen LogP contribution < -0.4 is 14.8 Å². The second-order valence-electron chi connectivity index (χ2n) is 6.51. The van der Waals surface area contributed by atoms with Crippen LogP contribution in [0.1, 0.15) is 34.7 Å². The first-order chi connectivity index (χ1) is 12.9. The van der Waals surface area contributed by atoms with Crippen molar-refractivity contribution < 1.29 is 27.1 Å². The molecule has 2 aromatic rings. The summed E-state index contributed by atoms with van der Waals surface area (Å²) >= 11 is 0. The molecule has 2 aliphatic rings. The van der Waals surface area contributed by atoms with E-state index in [0.29, 0.717) is 24.6 Å². The van der Waals surface area contributed by atoms with Crippen molar-refractivity contribution >= 4 is 15.9 Å². The summed E-state index contributed by atoms with van der Waals surface area (Å²) in [7, 11) is -3.63. The Morgan fingerprint density at radius 2 is 1.89 bits per heavy atom. The molecule has 144 valence electrons. The van der Waals surface area contributed by atoms with Crippen LogP contribution in [0.2, 0.25) is 0 Å². The summed E-state index contributed by atoms with van der Waals surface area (Å²) in [4.78, 5) is 12.4. The summed E-state index contributed by atoms with van der Waals surface area (Å²) in [5.74, 6) is 1.03. The number of nitrogens with zero attached hydrogens (tertiary/aromatic N) is 1. The molecular formula is C18H20N2O6S. The number of hydrogen-bond acceptors (Lipinski definition) is 6. The fourth-order valence-corrected chi connectivity index (χ4v) is 4.90. The lowest BCUT2D eigenvalue weighted by molar-refractivity contribution is 0.0921. The number of nitrogens with one attached hydrogen (secondary N) is 1. The minimum atomic E-state index is -3.63. The number of fused-ring (bicyclic) bond motifs is 1. The van der Waals surface area contributed by atoms with Gasteiger partial charge in [0.2, 0.25) is 16.8 Å². The Labute approximate surface area is 157 Å². The predicted molar refractivity (Wildman–Crippen MR) is 95.2 cm³/mol. The number of amides is 1. The zero-order chi connectivity index (χ0) is 19.0. The molecule has 27 heavy (non-hydrogen) atoms.